The standard InChI is InChI=1S/C18H22BrNO/c1-3-18(16-8-5-9-17(19)11-16)20-12-14-6-4-7-15(10-14)13-21-2/h4-11,18,20H,3,12-13H2,1-2H3. The summed E-state index contributed by atoms with van der Waals surface area (Å²) in [6.45, 7) is 3.74. The van der Waals surface area contributed by atoms with E-state index in [1.165, 1.54) is 16.7 Å². The first-order valence-corrected chi connectivity index (χ1v) is 8.08. The summed E-state index contributed by atoms with van der Waals surface area (Å²) < 4.78 is 6.31. The lowest BCUT2D eigenvalue weighted by molar-refractivity contribution is 0.185. The molecule has 2 aromatic carbocycles. The molecule has 1 atom stereocenters. The van der Waals surface area contributed by atoms with Crippen molar-refractivity contribution in [2.75, 3.05) is 7.11 Å². The number of nitrogens with one attached hydrogen (secondary N) is 1. The van der Waals surface area contributed by atoms with Crippen molar-refractivity contribution in [3.8, 4) is 0 Å². The van der Waals surface area contributed by atoms with Gasteiger partial charge >= 0.3 is 0 Å². The van der Waals surface area contributed by atoms with E-state index in [1.807, 2.05) is 0 Å². The fourth-order valence-electron chi connectivity index (χ4n) is 2.46. The van der Waals surface area contributed by atoms with Gasteiger partial charge in [-0.15, -0.1) is 0 Å². The summed E-state index contributed by atoms with van der Waals surface area (Å²) in [5.41, 5.74) is 3.82. The topological polar surface area (TPSA) is 21.3 Å². The van der Waals surface area contributed by atoms with Crippen LogP contribution in [0.5, 0.6) is 0 Å². The first kappa shape index (κ1) is 16.2. The molecule has 21 heavy (non-hydrogen) atoms. The van der Waals surface area contributed by atoms with Crippen LogP contribution in [0, 0.1) is 0 Å². The molecule has 0 aliphatic heterocycles. The largest absolute Gasteiger partial charge is 0.380 e. The number of halogens is 1. The normalized spacial score (nSPS) is 12.3. The molecule has 0 heterocycles. The third-order valence-corrected chi connectivity index (χ3v) is 4.01. The highest BCUT2D eigenvalue weighted by Gasteiger charge is 2.09. The van der Waals surface area contributed by atoms with E-state index in [-0.39, 0.29) is 0 Å². The van der Waals surface area contributed by atoms with Gasteiger partial charge in [0.1, 0.15) is 0 Å². The van der Waals surface area contributed by atoms with Crippen LogP contribution in [0.3, 0.4) is 0 Å². The molecule has 2 aromatic rings. The average Bonchev–Trinajstić information content (AvgIpc) is 2.49. The summed E-state index contributed by atoms with van der Waals surface area (Å²) in [6, 6.07) is 17.4. The molecule has 3 heteroatoms. The second-order valence-electron chi connectivity index (χ2n) is 5.15. The van der Waals surface area contributed by atoms with Crippen LogP contribution < -0.4 is 5.32 Å². The van der Waals surface area contributed by atoms with Gasteiger partial charge in [-0.3, -0.25) is 0 Å². The molecule has 1 N–H and O–H groups in total. The Kier molecular flexibility index (Phi) is 6.43. The zero-order valence-electron chi connectivity index (χ0n) is 12.6. The van der Waals surface area contributed by atoms with Crippen LogP contribution in [-0.2, 0) is 17.9 Å². The van der Waals surface area contributed by atoms with Crippen LogP contribution >= 0.6 is 15.9 Å². The minimum atomic E-state index is 0.369. The van der Waals surface area contributed by atoms with Crippen molar-refractivity contribution in [3.05, 3.63) is 69.7 Å². The molecule has 0 bridgehead atoms. The molecule has 0 saturated carbocycles. The third-order valence-electron chi connectivity index (χ3n) is 3.51. The minimum absolute atomic E-state index is 0.369. The predicted molar refractivity (Wildman–Crippen MR) is 91.2 cm³/mol. The van der Waals surface area contributed by atoms with Gasteiger partial charge in [0.25, 0.3) is 0 Å². The van der Waals surface area contributed by atoms with Crippen LogP contribution in [0.15, 0.2) is 53.0 Å². The quantitative estimate of drug-likeness (QED) is 0.773. The molecular formula is C18H22BrNO. The fraction of sp³-hybridized carbons (Fsp3) is 0.333. The van der Waals surface area contributed by atoms with Crippen LogP contribution in [0.2, 0.25) is 0 Å². The lowest BCUT2D eigenvalue weighted by Gasteiger charge is -2.18. The van der Waals surface area contributed by atoms with Gasteiger partial charge in [0.15, 0.2) is 0 Å². The summed E-state index contributed by atoms with van der Waals surface area (Å²) >= 11 is 3.54. The molecule has 0 aromatic heterocycles. The van der Waals surface area contributed by atoms with E-state index in [4.69, 9.17) is 4.74 Å². The molecule has 2 nitrogen and oxygen atoms in total. The first-order valence-electron chi connectivity index (χ1n) is 7.28. The van der Waals surface area contributed by atoms with E-state index in [9.17, 15) is 0 Å². The monoisotopic (exact) mass is 347 g/mol. The van der Waals surface area contributed by atoms with Gasteiger partial charge < -0.3 is 10.1 Å². The summed E-state index contributed by atoms with van der Waals surface area (Å²) in [5, 5.41) is 3.64. The van der Waals surface area contributed by atoms with E-state index in [0.29, 0.717) is 12.6 Å². The van der Waals surface area contributed by atoms with Gasteiger partial charge in [-0.2, -0.15) is 0 Å². The molecule has 2 rings (SSSR count). The van der Waals surface area contributed by atoms with Crippen molar-refractivity contribution < 1.29 is 4.74 Å². The van der Waals surface area contributed by atoms with Crippen LogP contribution in [0.25, 0.3) is 0 Å². The van der Waals surface area contributed by atoms with Crippen molar-refractivity contribution in [1.82, 2.24) is 5.32 Å². The summed E-state index contributed by atoms with van der Waals surface area (Å²) in [6.07, 6.45) is 1.06. The number of hydrogen-bond acceptors (Lipinski definition) is 2. The second kappa shape index (κ2) is 8.32. The van der Waals surface area contributed by atoms with Gasteiger partial charge in [0.05, 0.1) is 6.61 Å². The SMILES string of the molecule is CCC(NCc1cccc(COC)c1)c1cccc(Br)c1. The van der Waals surface area contributed by atoms with Gasteiger partial charge in [0.2, 0.25) is 0 Å². The number of rotatable bonds is 7. The Morgan fingerprint density at radius 2 is 1.86 bits per heavy atom. The maximum absolute atomic E-state index is 5.19. The van der Waals surface area contributed by atoms with E-state index >= 15 is 0 Å². The zero-order valence-corrected chi connectivity index (χ0v) is 14.2. The highest BCUT2D eigenvalue weighted by Crippen LogP contribution is 2.21. The fourth-order valence-corrected chi connectivity index (χ4v) is 2.88. The molecule has 0 radical (unpaired) electrons. The lowest BCUT2D eigenvalue weighted by Crippen LogP contribution is -2.20. The molecule has 0 spiro atoms. The zero-order chi connectivity index (χ0) is 15.1. The van der Waals surface area contributed by atoms with E-state index in [2.05, 4.69) is 76.7 Å². The number of benzene rings is 2. The highest BCUT2D eigenvalue weighted by molar-refractivity contribution is 9.10. The Morgan fingerprint density at radius 1 is 1.10 bits per heavy atom. The molecular weight excluding hydrogens is 326 g/mol. The Morgan fingerprint density at radius 3 is 2.57 bits per heavy atom. The highest BCUT2D eigenvalue weighted by atomic mass is 79.9. The molecule has 1 unspecified atom stereocenters. The molecule has 112 valence electrons. The Hall–Kier alpha value is -1.16. The van der Waals surface area contributed by atoms with Gasteiger partial charge in [0, 0.05) is 24.2 Å². The first-order chi connectivity index (χ1) is 10.2. The van der Waals surface area contributed by atoms with Crippen LogP contribution in [-0.4, -0.2) is 7.11 Å². The third kappa shape index (κ3) is 4.95. The maximum atomic E-state index is 5.19. The predicted octanol–water partition coefficient (Wildman–Crippen LogP) is 4.84. The average molecular weight is 348 g/mol. The molecule has 0 fully saturated rings. The molecule has 0 aliphatic carbocycles. The van der Waals surface area contributed by atoms with Crippen molar-refractivity contribution in [2.24, 2.45) is 0 Å². The van der Waals surface area contributed by atoms with Crippen molar-refractivity contribution in [2.45, 2.75) is 32.5 Å². The Bertz CT molecular complexity index is 571. The summed E-state index contributed by atoms with van der Waals surface area (Å²) in [4.78, 5) is 0. The van der Waals surface area contributed by atoms with Gasteiger partial charge in [-0.25, -0.2) is 0 Å². The number of ether oxygens (including phenoxy) is 1. The minimum Gasteiger partial charge on any atom is -0.380 e. The van der Waals surface area contributed by atoms with E-state index < -0.39 is 0 Å². The molecule has 0 saturated heterocycles. The summed E-state index contributed by atoms with van der Waals surface area (Å²) in [5.74, 6) is 0. The van der Waals surface area contributed by atoms with Gasteiger partial charge in [-0.05, 0) is 35.2 Å². The van der Waals surface area contributed by atoms with Crippen LogP contribution in [0.1, 0.15) is 36.1 Å². The van der Waals surface area contributed by atoms with Crippen molar-refractivity contribution >= 4 is 15.9 Å². The van der Waals surface area contributed by atoms with Crippen molar-refractivity contribution in [1.29, 1.82) is 0 Å². The second-order valence-corrected chi connectivity index (χ2v) is 6.07. The maximum Gasteiger partial charge on any atom is 0.0713 e. The summed E-state index contributed by atoms with van der Waals surface area (Å²) in [7, 11) is 1.73. The lowest BCUT2D eigenvalue weighted by atomic mass is 10.0. The Labute approximate surface area is 135 Å². The smallest absolute Gasteiger partial charge is 0.0713 e. The molecule has 0 aliphatic rings. The van der Waals surface area contributed by atoms with E-state index in [0.717, 1.165) is 17.4 Å². The molecule has 0 amide bonds. The van der Waals surface area contributed by atoms with E-state index in [1.54, 1.807) is 7.11 Å². The van der Waals surface area contributed by atoms with Crippen LogP contribution in [0.4, 0.5) is 0 Å². The number of methoxy groups -OCH3 is 1. The Balaban J connectivity index is 2.01. The van der Waals surface area contributed by atoms with Crippen molar-refractivity contribution in [3.63, 3.8) is 0 Å². The van der Waals surface area contributed by atoms with Gasteiger partial charge in [-0.1, -0.05) is 59.3 Å². The number of hydrogen-bond donors (Lipinski definition) is 1.